The predicted molar refractivity (Wildman–Crippen MR) is 121 cm³/mol. The van der Waals surface area contributed by atoms with E-state index >= 15 is 0 Å². The summed E-state index contributed by atoms with van der Waals surface area (Å²) < 4.78 is 38.4. The molecule has 178 valence electrons. The molecule has 0 saturated carbocycles. The quantitative estimate of drug-likeness (QED) is 0.314. The minimum atomic E-state index is -2.77. The summed E-state index contributed by atoms with van der Waals surface area (Å²) in [6.07, 6.45) is 1.71. The normalized spacial score (nSPS) is 12.8. The van der Waals surface area contributed by atoms with Gasteiger partial charge < -0.3 is 14.8 Å². The molecule has 3 rings (SSSR count). The molecule has 3 aromatic rings. The van der Waals surface area contributed by atoms with E-state index in [2.05, 4.69) is 15.4 Å². The van der Waals surface area contributed by atoms with Gasteiger partial charge in [0.15, 0.2) is 0 Å². The second-order valence-corrected chi connectivity index (χ2v) is 8.87. The van der Waals surface area contributed by atoms with Crippen LogP contribution in [0.4, 0.5) is 13.6 Å². The van der Waals surface area contributed by atoms with Crippen molar-refractivity contribution in [3.63, 3.8) is 0 Å². The van der Waals surface area contributed by atoms with Gasteiger partial charge in [-0.05, 0) is 45.2 Å². The van der Waals surface area contributed by atoms with Gasteiger partial charge >= 0.3 is 12.6 Å². The molecule has 2 aromatic heterocycles. The van der Waals surface area contributed by atoms with Crippen molar-refractivity contribution in [2.24, 2.45) is 0 Å². The standard InChI is InChI=1S/C23H27ClF2N4O3/c1-23(2,3)33-22(31)29-18(15-8-5-4-6-9-15)14-32-11-7-10-17-20-16(12-19(24)28-17)13-27-30(20)21(25)26/h4-6,8-9,12-13,18,21H,7,10-11,14H2,1-3H3,(H,29,31). The van der Waals surface area contributed by atoms with E-state index in [-0.39, 0.29) is 17.3 Å². The van der Waals surface area contributed by atoms with Crippen molar-refractivity contribution in [1.29, 1.82) is 0 Å². The SMILES string of the molecule is CC(C)(C)OC(=O)NC(COCCCc1nc(Cl)cc2cnn(C(F)F)c12)c1ccccc1. The van der Waals surface area contributed by atoms with Crippen LogP contribution in [0.5, 0.6) is 0 Å². The number of hydrogen-bond acceptors (Lipinski definition) is 5. The summed E-state index contributed by atoms with van der Waals surface area (Å²) in [5.74, 6) is 0. The molecule has 0 radical (unpaired) electrons. The van der Waals surface area contributed by atoms with Crippen LogP contribution < -0.4 is 5.32 Å². The second-order valence-electron chi connectivity index (χ2n) is 8.48. The molecule has 1 amide bonds. The summed E-state index contributed by atoms with van der Waals surface area (Å²) in [5, 5.41) is 7.30. The highest BCUT2D eigenvalue weighted by molar-refractivity contribution is 6.30. The highest BCUT2D eigenvalue weighted by Gasteiger charge is 2.21. The third-order valence-corrected chi connectivity index (χ3v) is 4.87. The molecule has 1 atom stereocenters. The lowest BCUT2D eigenvalue weighted by Crippen LogP contribution is -2.36. The summed E-state index contributed by atoms with van der Waals surface area (Å²) in [4.78, 5) is 16.5. The first-order valence-corrected chi connectivity index (χ1v) is 10.9. The lowest BCUT2D eigenvalue weighted by atomic mass is 10.1. The number of hydrogen-bond donors (Lipinski definition) is 1. The summed E-state index contributed by atoms with van der Waals surface area (Å²) >= 11 is 6.04. The Hall–Kier alpha value is -2.78. The minimum Gasteiger partial charge on any atom is -0.444 e. The summed E-state index contributed by atoms with van der Waals surface area (Å²) in [6.45, 7) is 3.16. The van der Waals surface area contributed by atoms with E-state index in [1.165, 1.54) is 12.3 Å². The van der Waals surface area contributed by atoms with Crippen LogP contribution in [0.15, 0.2) is 42.6 Å². The first kappa shape index (κ1) is 24.9. The number of ether oxygens (including phenoxy) is 2. The van der Waals surface area contributed by atoms with Crippen LogP contribution in [-0.4, -0.2) is 39.7 Å². The van der Waals surface area contributed by atoms with Crippen LogP contribution in [0.3, 0.4) is 0 Å². The third-order valence-electron chi connectivity index (χ3n) is 4.68. The molecule has 0 aliphatic heterocycles. The number of alkyl carbamates (subject to hydrolysis) is 1. The average Bonchev–Trinajstić information content (AvgIpc) is 3.16. The highest BCUT2D eigenvalue weighted by Crippen LogP contribution is 2.25. The van der Waals surface area contributed by atoms with Gasteiger partial charge in [-0.15, -0.1) is 0 Å². The molecule has 7 nitrogen and oxygen atoms in total. The third kappa shape index (κ3) is 7.10. The van der Waals surface area contributed by atoms with Crippen molar-refractivity contribution >= 4 is 28.6 Å². The van der Waals surface area contributed by atoms with Crippen LogP contribution >= 0.6 is 11.6 Å². The van der Waals surface area contributed by atoms with Crippen LogP contribution in [0.1, 0.15) is 51.0 Å². The number of halogens is 3. The number of carbonyl (C=O) groups excluding carboxylic acids is 1. The van der Waals surface area contributed by atoms with Gasteiger partial charge in [0, 0.05) is 12.0 Å². The molecule has 0 saturated heterocycles. The number of nitrogens with zero attached hydrogens (tertiary/aromatic N) is 3. The maximum absolute atomic E-state index is 13.3. The Labute approximate surface area is 196 Å². The van der Waals surface area contributed by atoms with Crippen molar-refractivity contribution < 1.29 is 23.0 Å². The zero-order chi connectivity index (χ0) is 24.0. The number of nitrogens with one attached hydrogen (secondary N) is 1. The molecule has 1 aromatic carbocycles. The zero-order valence-corrected chi connectivity index (χ0v) is 19.5. The van der Waals surface area contributed by atoms with E-state index < -0.39 is 24.3 Å². The van der Waals surface area contributed by atoms with Crippen molar-refractivity contribution in [3.8, 4) is 0 Å². The number of rotatable bonds is 9. The van der Waals surface area contributed by atoms with Gasteiger partial charge in [0.05, 0.1) is 30.1 Å². The van der Waals surface area contributed by atoms with Gasteiger partial charge in [0.1, 0.15) is 10.8 Å². The molecular weight excluding hydrogens is 454 g/mol. The van der Waals surface area contributed by atoms with Crippen molar-refractivity contribution in [2.75, 3.05) is 13.2 Å². The monoisotopic (exact) mass is 480 g/mol. The van der Waals surface area contributed by atoms with E-state index in [0.717, 1.165) is 5.56 Å². The Morgan fingerprint density at radius 2 is 1.97 bits per heavy atom. The first-order valence-electron chi connectivity index (χ1n) is 10.6. The molecule has 0 fully saturated rings. The Bertz CT molecular complexity index is 1070. The first-order chi connectivity index (χ1) is 15.6. The molecule has 0 spiro atoms. The Morgan fingerprint density at radius 3 is 2.64 bits per heavy atom. The van der Waals surface area contributed by atoms with Crippen LogP contribution in [0.25, 0.3) is 10.9 Å². The fourth-order valence-electron chi connectivity index (χ4n) is 3.34. The lowest BCUT2D eigenvalue weighted by Gasteiger charge is -2.24. The highest BCUT2D eigenvalue weighted by atomic mass is 35.5. The van der Waals surface area contributed by atoms with Crippen molar-refractivity contribution in [2.45, 2.75) is 51.8 Å². The van der Waals surface area contributed by atoms with Crippen molar-refractivity contribution in [1.82, 2.24) is 20.1 Å². The molecule has 0 aliphatic carbocycles. The van der Waals surface area contributed by atoms with E-state index in [1.807, 2.05) is 30.3 Å². The molecule has 1 N–H and O–H groups in total. The van der Waals surface area contributed by atoms with Gasteiger partial charge in [0.2, 0.25) is 0 Å². The summed E-state index contributed by atoms with van der Waals surface area (Å²) in [6, 6.07) is 10.5. The van der Waals surface area contributed by atoms with Crippen LogP contribution in [0.2, 0.25) is 5.15 Å². The molecule has 2 heterocycles. The number of fused-ring (bicyclic) bond motifs is 1. The number of carbonyl (C=O) groups is 1. The van der Waals surface area contributed by atoms with E-state index in [9.17, 15) is 13.6 Å². The molecule has 0 bridgehead atoms. The van der Waals surface area contributed by atoms with Gasteiger partial charge in [-0.25, -0.2) is 14.5 Å². The number of benzene rings is 1. The van der Waals surface area contributed by atoms with Crippen LogP contribution in [-0.2, 0) is 15.9 Å². The summed E-state index contributed by atoms with van der Waals surface area (Å²) in [5.41, 5.74) is 0.961. The Morgan fingerprint density at radius 1 is 1.24 bits per heavy atom. The number of aryl methyl sites for hydroxylation is 1. The summed E-state index contributed by atoms with van der Waals surface area (Å²) in [7, 11) is 0. The number of alkyl halides is 2. The van der Waals surface area contributed by atoms with E-state index in [0.29, 0.717) is 35.2 Å². The molecule has 33 heavy (non-hydrogen) atoms. The van der Waals surface area contributed by atoms with Crippen molar-refractivity contribution in [3.05, 3.63) is 59.0 Å². The van der Waals surface area contributed by atoms with Gasteiger partial charge in [-0.1, -0.05) is 41.9 Å². The Kier molecular flexibility index (Phi) is 8.20. The predicted octanol–water partition coefficient (Wildman–Crippen LogP) is 5.70. The Balaban J connectivity index is 1.60. The number of amides is 1. The van der Waals surface area contributed by atoms with E-state index in [1.54, 1.807) is 20.8 Å². The zero-order valence-electron chi connectivity index (χ0n) is 18.7. The molecule has 1 unspecified atom stereocenters. The number of pyridine rings is 1. The fourth-order valence-corrected chi connectivity index (χ4v) is 3.56. The molecular formula is C23H27ClF2N4O3. The van der Waals surface area contributed by atoms with Crippen LogP contribution in [0, 0.1) is 0 Å². The van der Waals surface area contributed by atoms with Gasteiger partial charge in [0.25, 0.3) is 0 Å². The van der Waals surface area contributed by atoms with Gasteiger partial charge in [-0.2, -0.15) is 13.9 Å². The largest absolute Gasteiger partial charge is 0.444 e. The maximum atomic E-state index is 13.3. The topological polar surface area (TPSA) is 78.3 Å². The minimum absolute atomic E-state index is 0.219. The number of aromatic nitrogens is 3. The lowest BCUT2D eigenvalue weighted by molar-refractivity contribution is 0.0438. The van der Waals surface area contributed by atoms with Gasteiger partial charge in [-0.3, -0.25) is 0 Å². The average molecular weight is 481 g/mol. The second kappa shape index (κ2) is 10.9. The molecule has 10 heteroatoms. The van der Waals surface area contributed by atoms with E-state index in [4.69, 9.17) is 21.1 Å². The smallest absolute Gasteiger partial charge is 0.408 e. The molecule has 0 aliphatic rings. The maximum Gasteiger partial charge on any atom is 0.408 e. The fraction of sp³-hybridized carbons (Fsp3) is 0.435.